The zero-order valence-corrected chi connectivity index (χ0v) is 13.6. The van der Waals surface area contributed by atoms with Gasteiger partial charge in [0.1, 0.15) is 11.6 Å². The molecular weight excluding hydrogens is 338 g/mol. The van der Waals surface area contributed by atoms with Crippen molar-refractivity contribution >= 4 is 11.6 Å². The second-order valence-electron chi connectivity index (χ2n) is 5.93. The average molecular weight is 362 g/mol. The molecule has 0 saturated heterocycles. The summed E-state index contributed by atoms with van der Waals surface area (Å²) < 4.78 is 71.5. The van der Waals surface area contributed by atoms with Gasteiger partial charge in [0.15, 0.2) is 0 Å². The minimum absolute atomic E-state index is 0.145. The van der Waals surface area contributed by atoms with Gasteiger partial charge in [-0.3, -0.25) is 9.59 Å². The van der Waals surface area contributed by atoms with Gasteiger partial charge in [0, 0.05) is 25.7 Å². The van der Waals surface area contributed by atoms with E-state index >= 15 is 0 Å². The maximum atomic E-state index is 11.9. The van der Waals surface area contributed by atoms with Gasteiger partial charge in [0.25, 0.3) is 0 Å². The van der Waals surface area contributed by atoms with Gasteiger partial charge in [-0.1, -0.05) is 25.7 Å². The number of hydrogen-bond acceptors (Lipinski definition) is 2. The van der Waals surface area contributed by atoms with Gasteiger partial charge in [-0.15, -0.1) is 0 Å². The number of alkyl halides is 6. The summed E-state index contributed by atoms with van der Waals surface area (Å²) in [5, 5.41) is 0. The standard InChI is InChI=1S/C16H24F6O2/c17-15(18,19)11-9-13(23)7-5-3-1-2-4-6-8-14(24)10-12-16(20,21)22/h1-12H2. The monoisotopic (exact) mass is 362 g/mol. The van der Waals surface area contributed by atoms with E-state index in [9.17, 15) is 35.9 Å². The molecule has 0 aromatic rings. The molecule has 8 heteroatoms. The lowest BCUT2D eigenvalue weighted by Crippen LogP contribution is -2.10. The molecule has 2 nitrogen and oxygen atoms in total. The van der Waals surface area contributed by atoms with Crippen LogP contribution < -0.4 is 0 Å². The van der Waals surface area contributed by atoms with Crippen LogP contribution in [0.4, 0.5) is 26.3 Å². The number of carbonyl (C=O) groups is 2. The maximum absolute atomic E-state index is 11.9. The topological polar surface area (TPSA) is 34.1 Å². The van der Waals surface area contributed by atoms with Crippen molar-refractivity contribution < 1.29 is 35.9 Å². The largest absolute Gasteiger partial charge is 0.389 e. The number of hydrogen-bond donors (Lipinski definition) is 0. The molecule has 0 bridgehead atoms. The highest BCUT2D eigenvalue weighted by molar-refractivity contribution is 5.78. The molecule has 142 valence electrons. The van der Waals surface area contributed by atoms with Crippen LogP contribution in [-0.2, 0) is 9.59 Å². The number of rotatable bonds is 13. The van der Waals surface area contributed by atoms with Gasteiger partial charge in [-0.2, -0.15) is 26.3 Å². The minimum atomic E-state index is -4.30. The number of ketones is 2. The van der Waals surface area contributed by atoms with Crippen LogP contribution in [0.25, 0.3) is 0 Å². The van der Waals surface area contributed by atoms with E-state index in [4.69, 9.17) is 0 Å². The first-order chi connectivity index (χ1) is 11.0. The molecule has 0 aliphatic heterocycles. The van der Waals surface area contributed by atoms with E-state index in [1.54, 1.807) is 0 Å². The normalized spacial score (nSPS) is 12.4. The Labute approximate surface area is 138 Å². The summed E-state index contributed by atoms with van der Waals surface area (Å²) in [6.45, 7) is 0. The summed E-state index contributed by atoms with van der Waals surface area (Å²) in [4.78, 5) is 22.4. The summed E-state index contributed by atoms with van der Waals surface area (Å²) in [7, 11) is 0. The van der Waals surface area contributed by atoms with Crippen molar-refractivity contribution in [3.8, 4) is 0 Å². The third-order valence-electron chi connectivity index (χ3n) is 3.54. The molecule has 0 spiro atoms. The fraction of sp³-hybridized carbons (Fsp3) is 0.875. The lowest BCUT2D eigenvalue weighted by atomic mass is 10.0. The number of Topliss-reactive ketones (excluding diaryl/α,β-unsaturated/α-hetero) is 2. The van der Waals surface area contributed by atoms with Crippen molar-refractivity contribution in [2.45, 2.75) is 89.4 Å². The first kappa shape index (κ1) is 22.9. The van der Waals surface area contributed by atoms with Crippen LogP contribution in [0.3, 0.4) is 0 Å². The fourth-order valence-electron chi connectivity index (χ4n) is 2.16. The fourth-order valence-corrected chi connectivity index (χ4v) is 2.16. The summed E-state index contributed by atoms with van der Waals surface area (Å²) >= 11 is 0. The predicted octanol–water partition coefficient (Wildman–Crippen LogP) is 5.93. The third kappa shape index (κ3) is 17.3. The third-order valence-corrected chi connectivity index (χ3v) is 3.54. The minimum Gasteiger partial charge on any atom is -0.300 e. The molecular formula is C16H24F6O2. The van der Waals surface area contributed by atoms with E-state index in [0.29, 0.717) is 12.8 Å². The Balaban J connectivity index is 3.42. The van der Waals surface area contributed by atoms with Gasteiger partial charge in [-0.25, -0.2) is 0 Å². The van der Waals surface area contributed by atoms with E-state index < -0.39 is 38.0 Å². The number of carbonyl (C=O) groups excluding carboxylic acids is 2. The van der Waals surface area contributed by atoms with Crippen LogP contribution in [0.5, 0.6) is 0 Å². The van der Waals surface area contributed by atoms with Gasteiger partial charge in [-0.05, 0) is 12.8 Å². The summed E-state index contributed by atoms with van der Waals surface area (Å²) in [5.74, 6) is -0.773. The molecule has 24 heavy (non-hydrogen) atoms. The molecule has 0 aromatic carbocycles. The van der Waals surface area contributed by atoms with Gasteiger partial charge in [0.2, 0.25) is 0 Å². The van der Waals surface area contributed by atoms with Gasteiger partial charge < -0.3 is 0 Å². The highest BCUT2D eigenvalue weighted by atomic mass is 19.4. The van der Waals surface area contributed by atoms with E-state index in [-0.39, 0.29) is 24.4 Å². The van der Waals surface area contributed by atoms with Crippen LogP contribution in [0.15, 0.2) is 0 Å². The predicted molar refractivity (Wildman–Crippen MR) is 77.5 cm³/mol. The molecule has 0 aromatic heterocycles. The molecule has 0 rings (SSSR count). The SMILES string of the molecule is O=C(CCCCCCCCC(=O)CCC(F)(F)F)CCC(F)(F)F. The molecule has 0 unspecified atom stereocenters. The molecule has 0 radical (unpaired) electrons. The quantitative estimate of drug-likeness (QED) is 0.301. The zero-order valence-electron chi connectivity index (χ0n) is 13.6. The van der Waals surface area contributed by atoms with Gasteiger partial charge >= 0.3 is 12.4 Å². The Morgan fingerprint density at radius 3 is 1.08 bits per heavy atom. The lowest BCUT2D eigenvalue weighted by Gasteiger charge is -2.06. The van der Waals surface area contributed by atoms with Crippen LogP contribution in [0.1, 0.15) is 77.0 Å². The number of halogens is 6. The van der Waals surface area contributed by atoms with Crippen LogP contribution in [0, 0.1) is 0 Å². The molecule has 0 aliphatic carbocycles. The van der Waals surface area contributed by atoms with Crippen molar-refractivity contribution in [3.63, 3.8) is 0 Å². The molecule has 0 aliphatic rings. The first-order valence-corrected chi connectivity index (χ1v) is 8.16. The molecule has 0 fully saturated rings. The molecule has 0 heterocycles. The van der Waals surface area contributed by atoms with Crippen molar-refractivity contribution in [2.75, 3.05) is 0 Å². The number of unbranched alkanes of at least 4 members (excludes halogenated alkanes) is 5. The van der Waals surface area contributed by atoms with E-state index in [1.165, 1.54) is 0 Å². The highest BCUT2D eigenvalue weighted by Crippen LogP contribution is 2.23. The Hall–Kier alpha value is -1.08. The smallest absolute Gasteiger partial charge is 0.300 e. The summed E-state index contributed by atoms with van der Waals surface area (Å²) in [6.07, 6.45) is -7.28. The highest BCUT2D eigenvalue weighted by Gasteiger charge is 2.28. The van der Waals surface area contributed by atoms with Crippen LogP contribution in [0.2, 0.25) is 0 Å². The Kier molecular flexibility index (Phi) is 11.0. The average Bonchev–Trinajstić information content (AvgIpc) is 2.44. The summed E-state index contributed by atoms with van der Waals surface area (Å²) in [6, 6.07) is 0. The van der Waals surface area contributed by atoms with Gasteiger partial charge in [0.05, 0.1) is 12.8 Å². The van der Waals surface area contributed by atoms with Crippen LogP contribution >= 0.6 is 0 Å². The first-order valence-electron chi connectivity index (χ1n) is 8.16. The Morgan fingerprint density at radius 2 is 0.792 bits per heavy atom. The lowest BCUT2D eigenvalue weighted by molar-refractivity contribution is -0.143. The Morgan fingerprint density at radius 1 is 0.500 bits per heavy atom. The summed E-state index contributed by atoms with van der Waals surface area (Å²) in [5.41, 5.74) is 0. The van der Waals surface area contributed by atoms with Crippen molar-refractivity contribution in [2.24, 2.45) is 0 Å². The maximum Gasteiger partial charge on any atom is 0.389 e. The van der Waals surface area contributed by atoms with E-state index in [2.05, 4.69) is 0 Å². The van der Waals surface area contributed by atoms with E-state index in [0.717, 1.165) is 25.7 Å². The van der Waals surface area contributed by atoms with Crippen LogP contribution in [-0.4, -0.2) is 23.9 Å². The van der Waals surface area contributed by atoms with E-state index in [1.807, 2.05) is 0 Å². The second kappa shape index (κ2) is 11.5. The van der Waals surface area contributed by atoms with Crippen molar-refractivity contribution in [1.82, 2.24) is 0 Å². The zero-order chi connectivity index (χ0) is 18.6. The Bertz CT molecular complexity index is 338. The molecule has 0 amide bonds. The molecule has 0 atom stereocenters. The molecule has 0 N–H and O–H groups in total. The molecule has 0 saturated carbocycles. The second-order valence-corrected chi connectivity index (χ2v) is 5.93. The van der Waals surface area contributed by atoms with Crippen molar-refractivity contribution in [3.05, 3.63) is 0 Å². The van der Waals surface area contributed by atoms with Crippen molar-refractivity contribution in [1.29, 1.82) is 0 Å².